The second-order valence-electron chi connectivity index (χ2n) is 6.29. The molecule has 7 heteroatoms. The summed E-state index contributed by atoms with van der Waals surface area (Å²) in [6, 6.07) is 5.67. The Labute approximate surface area is 143 Å². The second-order valence-corrected chi connectivity index (χ2v) is 6.29. The smallest absolute Gasteiger partial charge is 0.257 e. The lowest BCUT2D eigenvalue weighted by Gasteiger charge is -2.22. The van der Waals surface area contributed by atoms with Crippen molar-refractivity contribution in [3.05, 3.63) is 48.0 Å². The van der Waals surface area contributed by atoms with Gasteiger partial charge in [-0.2, -0.15) is 0 Å². The summed E-state index contributed by atoms with van der Waals surface area (Å²) >= 11 is 0. The van der Waals surface area contributed by atoms with Crippen LogP contribution in [0.15, 0.2) is 36.8 Å². The number of H-pyrrole nitrogens is 1. The standard InChI is InChI=1S/C18H16N4O3/c1-10-6-13-16(17-19-4-5-22(10)17)12(8-20-13)18(23)21-11-2-3-14-15(7-11)25-9-24-14/h2-5,7-8,10,20H,6,9H2,1H3,(H,21,23)/t10-/m1/s1. The molecule has 1 aromatic carbocycles. The lowest BCUT2D eigenvalue weighted by molar-refractivity contribution is 0.102. The lowest BCUT2D eigenvalue weighted by atomic mass is 10.0. The third kappa shape index (κ3) is 2.12. The molecule has 2 aromatic heterocycles. The Morgan fingerprint density at radius 1 is 1.36 bits per heavy atom. The van der Waals surface area contributed by atoms with E-state index in [9.17, 15) is 4.79 Å². The summed E-state index contributed by atoms with van der Waals surface area (Å²) in [5.74, 6) is 1.97. The minimum atomic E-state index is -0.180. The van der Waals surface area contributed by atoms with Crippen molar-refractivity contribution in [3.63, 3.8) is 0 Å². The van der Waals surface area contributed by atoms with Crippen molar-refractivity contribution in [2.75, 3.05) is 12.1 Å². The highest BCUT2D eigenvalue weighted by Gasteiger charge is 2.28. The third-order valence-electron chi connectivity index (χ3n) is 4.70. The summed E-state index contributed by atoms with van der Waals surface area (Å²) in [5, 5.41) is 2.93. The first kappa shape index (κ1) is 14.2. The van der Waals surface area contributed by atoms with Crippen LogP contribution >= 0.6 is 0 Å². The van der Waals surface area contributed by atoms with Crippen molar-refractivity contribution in [2.24, 2.45) is 0 Å². The highest BCUT2D eigenvalue weighted by molar-refractivity contribution is 6.09. The number of hydrogen-bond acceptors (Lipinski definition) is 4. The van der Waals surface area contributed by atoms with E-state index < -0.39 is 0 Å². The first-order valence-corrected chi connectivity index (χ1v) is 8.15. The molecule has 4 heterocycles. The number of benzene rings is 1. The maximum atomic E-state index is 12.8. The number of anilines is 1. The Hall–Kier alpha value is -3.22. The molecule has 3 aromatic rings. The molecule has 0 bridgehead atoms. The summed E-state index contributed by atoms with van der Waals surface area (Å²) in [6.45, 7) is 2.35. The zero-order valence-corrected chi connectivity index (χ0v) is 13.6. The van der Waals surface area contributed by atoms with E-state index in [2.05, 4.69) is 26.8 Å². The van der Waals surface area contributed by atoms with E-state index in [1.165, 1.54) is 0 Å². The Morgan fingerprint density at radius 2 is 2.24 bits per heavy atom. The van der Waals surface area contributed by atoms with Crippen LogP contribution in [0.4, 0.5) is 5.69 Å². The van der Waals surface area contributed by atoms with Crippen molar-refractivity contribution in [1.29, 1.82) is 0 Å². The highest BCUT2D eigenvalue weighted by Crippen LogP contribution is 2.37. The predicted octanol–water partition coefficient (Wildman–Crippen LogP) is 2.98. The average Bonchev–Trinajstić information content (AvgIpc) is 3.32. The Morgan fingerprint density at radius 3 is 3.16 bits per heavy atom. The van der Waals surface area contributed by atoms with Gasteiger partial charge >= 0.3 is 0 Å². The Kier molecular flexibility index (Phi) is 2.91. The molecule has 25 heavy (non-hydrogen) atoms. The van der Waals surface area contributed by atoms with Crippen LogP contribution in [-0.4, -0.2) is 27.2 Å². The number of amides is 1. The van der Waals surface area contributed by atoms with Crippen LogP contribution in [0.1, 0.15) is 29.0 Å². The van der Waals surface area contributed by atoms with Crippen molar-refractivity contribution in [2.45, 2.75) is 19.4 Å². The van der Waals surface area contributed by atoms with Crippen molar-refractivity contribution in [3.8, 4) is 22.9 Å². The molecule has 0 saturated heterocycles. The summed E-state index contributed by atoms with van der Waals surface area (Å²) in [5.41, 5.74) is 3.17. The van der Waals surface area contributed by atoms with Crippen molar-refractivity contribution < 1.29 is 14.3 Å². The van der Waals surface area contributed by atoms with Crippen LogP contribution in [-0.2, 0) is 6.42 Å². The number of rotatable bonds is 2. The molecule has 126 valence electrons. The van der Waals surface area contributed by atoms with Gasteiger partial charge in [0.1, 0.15) is 5.82 Å². The van der Waals surface area contributed by atoms with E-state index in [1.54, 1.807) is 30.6 Å². The maximum absolute atomic E-state index is 12.8. The summed E-state index contributed by atoms with van der Waals surface area (Å²) < 4.78 is 12.8. The van der Waals surface area contributed by atoms with Crippen LogP contribution in [0, 0.1) is 0 Å². The first-order chi connectivity index (χ1) is 12.2. The van der Waals surface area contributed by atoms with Crippen LogP contribution in [0.3, 0.4) is 0 Å². The fourth-order valence-electron chi connectivity index (χ4n) is 3.49. The second kappa shape index (κ2) is 5.14. The van der Waals surface area contributed by atoms with Crippen molar-refractivity contribution >= 4 is 11.6 Å². The fourth-order valence-corrected chi connectivity index (χ4v) is 3.49. The van der Waals surface area contributed by atoms with Crippen LogP contribution in [0.5, 0.6) is 11.5 Å². The van der Waals surface area contributed by atoms with Gasteiger partial charge in [-0.1, -0.05) is 0 Å². The maximum Gasteiger partial charge on any atom is 0.257 e. The lowest BCUT2D eigenvalue weighted by Crippen LogP contribution is -2.18. The zero-order valence-electron chi connectivity index (χ0n) is 13.6. The average molecular weight is 336 g/mol. The quantitative estimate of drug-likeness (QED) is 0.754. The van der Waals surface area contributed by atoms with Gasteiger partial charge in [0.05, 0.1) is 11.1 Å². The molecule has 0 aliphatic carbocycles. The number of aromatic nitrogens is 3. The number of ether oxygens (including phenoxy) is 2. The number of nitrogens with one attached hydrogen (secondary N) is 2. The van der Waals surface area contributed by atoms with Gasteiger partial charge in [0.2, 0.25) is 6.79 Å². The molecule has 7 nitrogen and oxygen atoms in total. The SMILES string of the molecule is C[C@@H]1Cc2[nH]cc(C(=O)Nc3ccc4c(c3)OCO4)c2-c2nccn21. The minimum absolute atomic E-state index is 0.180. The van der Waals surface area contributed by atoms with E-state index in [-0.39, 0.29) is 12.7 Å². The molecular weight excluding hydrogens is 320 g/mol. The number of imidazole rings is 1. The van der Waals surface area contributed by atoms with Gasteiger partial charge < -0.3 is 24.3 Å². The summed E-state index contributed by atoms with van der Waals surface area (Å²) in [7, 11) is 0. The molecule has 2 aliphatic rings. The van der Waals surface area contributed by atoms with Crippen LogP contribution in [0.25, 0.3) is 11.4 Å². The molecule has 0 unspecified atom stereocenters. The number of fused-ring (bicyclic) bond motifs is 4. The van der Waals surface area contributed by atoms with E-state index in [0.29, 0.717) is 28.8 Å². The molecule has 1 amide bonds. The third-order valence-corrected chi connectivity index (χ3v) is 4.70. The molecule has 0 spiro atoms. The molecule has 2 aliphatic heterocycles. The van der Waals surface area contributed by atoms with Crippen molar-refractivity contribution in [1.82, 2.24) is 14.5 Å². The normalized spacial score (nSPS) is 17.1. The molecule has 0 saturated carbocycles. The van der Waals surface area contributed by atoms with Gasteiger partial charge in [-0.15, -0.1) is 0 Å². The van der Waals surface area contributed by atoms with Gasteiger partial charge in [0.25, 0.3) is 5.91 Å². The van der Waals surface area contributed by atoms with E-state index in [4.69, 9.17) is 9.47 Å². The number of aromatic amines is 1. The predicted molar refractivity (Wildman–Crippen MR) is 90.9 cm³/mol. The van der Waals surface area contributed by atoms with E-state index in [1.807, 2.05) is 6.20 Å². The van der Waals surface area contributed by atoms with Gasteiger partial charge in [-0.3, -0.25) is 4.79 Å². The number of carbonyl (C=O) groups is 1. The van der Waals surface area contributed by atoms with Crippen LogP contribution < -0.4 is 14.8 Å². The van der Waals surface area contributed by atoms with E-state index in [0.717, 1.165) is 23.5 Å². The monoisotopic (exact) mass is 336 g/mol. The number of carbonyl (C=O) groups excluding carboxylic acids is 1. The molecule has 1 atom stereocenters. The topological polar surface area (TPSA) is 81.2 Å². The number of hydrogen-bond donors (Lipinski definition) is 2. The van der Waals surface area contributed by atoms with Crippen LogP contribution in [0.2, 0.25) is 0 Å². The zero-order chi connectivity index (χ0) is 17.0. The molecular formula is C18H16N4O3. The largest absolute Gasteiger partial charge is 0.454 e. The minimum Gasteiger partial charge on any atom is -0.454 e. The highest BCUT2D eigenvalue weighted by atomic mass is 16.7. The van der Waals surface area contributed by atoms with Gasteiger partial charge in [-0.25, -0.2) is 4.98 Å². The Balaban J connectivity index is 1.48. The Bertz CT molecular complexity index is 988. The van der Waals surface area contributed by atoms with Gasteiger partial charge in [-0.05, 0) is 19.1 Å². The number of nitrogens with zero attached hydrogens (tertiary/aromatic N) is 2. The molecule has 0 radical (unpaired) electrons. The summed E-state index contributed by atoms with van der Waals surface area (Å²) in [4.78, 5) is 20.5. The molecule has 2 N–H and O–H groups in total. The van der Waals surface area contributed by atoms with Gasteiger partial charge in [0, 0.05) is 48.5 Å². The first-order valence-electron chi connectivity index (χ1n) is 8.15. The molecule has 0 fully saturated rings. The van der Waals surface area contributed by atoms with Gasteiger partial charge in [0.15, 0.2) is 11.5 Å². The summed E-state index contributed by atoms with van der Waals surface area (Å²) in [6.07, 6.45) is 6.32. The van der Waals surface area contributed by atoms with E-state index >= 15 is 0 Å². The fraction of sp³-hybridized carbons (Fsp3) is 0.222. The molecule has 5 rings (SSSR count).